The third kappa shape index (κ3) is 7.30. The summed E-state index contributed by atoms with van der Waals surface area (Å²) >= 11 is 13.4. The molecule has 0 bridgehead atoms. The Morgan fingerprint density at radius 2 is 1.79 bits per heavy atom. The van der Waals surface area contributed by atoms with Crippen LogP contribution < -0.4 is 14.4 Å². The first-order chi connectivity index (χ1) is 16.4. The minimum Gasteiger partial charge on any atom is -0.493 e. The average molecular weight is 526 g/mol. The number of ether oxygens (including phenoxy) is 1. The summed E-state index contributed by atoms with van der Waals surface area (Å²) in [5.74, 6) is 0.363. The zero-order valence-electron chi connectivity index (χ0n) is 19.6. The summed E-state index contributed by atoms with van der Waals surface area (Å²) in [7, 11) is 0. The van der Waals surface area contributed by atoms with Gasteiger partial charge in [0.2, 0.25) is 0 Å². The van der Waals surface area contributed by atoms with Gasteiger partial charge in [-0.15, -0.1) is 6.58 Å². The zero-order valence-corrected chi connectivity index (χ0v) is 21.9. The van der Waals surface area contributed by atoms with E-state index in [-0.39, 0.29) is 5.56 Å². The first-order valence-electron chi connectivity index (χ1n) is 11.4. The molecule has 4 nitrogen and oxygen atoms in total. The lowest BCUT2D eigenvalue weighted by molar-refractivity contribution is 0.0980. The molecule has 1 aliphatic carbocycles. The quantitative estimate of drug-likeness (QED) is 0.300. The fraction of sp³-hybridized carbons (Fsp3) is 0.423. The van der Waals surface area contributed by atoms with E-state index in [1.807, 2.05) is 19.1 Å². The van der Waals surface area contributed by atoms with Gasteiger partial charge in [0.05, 0.1) is 12.2 Å². The van der Waals surface area contributed by atoms with Gasteiger partial charge in [-0.25, -0.2) is 4.39 Å². The second-order valence-electron chi connectivity index (χ2n) is 8.56. The fourth-order valence-electron chi connectivity index (χ4n) is 4.02. The summed E-state index contributed by atoms with van der Waals surface area (Å²) in [5, 5.41) is 1.27. The van der Waals surface area contributed by atoms with Crippen molar-refractivity contribution in [3.8, 4) is 5.75 Å². The minimum absolute atomic E-state index is 0.0806. The number of amides is 1. The summed E-state index contributed by atoms with van der Waals surface area (Å²) in [6.07, 6.45) is 7.53. The van der Waals surface area contributed by atoms with Gasteiger partial charge in [-0.3, -0.25) is 9.52 Å². The number of carbonyl (C=O) groups excluding carboxylic acids is 1. The van der Waals surface area contributed by atoms with Gasteiger partial charge in [-0.2, -0.15) is 0 Å². The van der Waals surface area contributed by atoms with Crippen LogP contribution >= 0.6 is 35.1 Å². The van der Waals surface area contributed by atoms with Gasteiger partial charge in [-0.1, -0.05) is 41.2 Å². The van der Waals surface area contributed by atoms with Crippen LogP contribution in [0.3, 0.4) is 0 Å². The number of nitrogens with zero attached hydrogens (tertiary/aromatic N) is 1. The number of nitrogens with one attached hydrogen (secondary N) is 1. The smallest absolute Gasteiger partial charge is 0.264 e. The van der Waals surface area contributed by atoms with Crippen molar-refractivity contribution in [3.05, 3.63) is 70.0 Å². The first kappa shape index (κ1) is 26.7. The maximum absolute atomic E-state index is 14.6. The van der Waals surface area contributed by atoms with Gasteiger partial charge in [0.25, 0.3) is 5.91 Å². The predicted molar refractivity (Wildman–Crippen MR) is 142 cm³/mol. The van der Waals surface area contributed by atoms with Crippen LogP contribution in [0, 0.1) is 11.7 Å². The Bertz CT molecular complexity index is 988. The summed E-state index contributed by atoms with van der Waals surface area (Å²) in [6.45, 7) is 7.57. The van der Waals surface area contributed by atoms with Crippen LogP contribution in [-0.4, -0.2) is 31.9 Å². The molecule has 2 aromatic carbocycles. The number of carbonyl (C=O) groups is 1. The van der Waals surface area contributed by atoms with Crippen molar-refractivity contribution in [2.24, 2.45) is 5.92 Å². The number of hydrogen-bond donors (Lipinski definition) is 1. The van der Waals surface area contributed by atoms with Gasteiger partial charge in [-0.05, 0) is 74.3 Å². The zero-order chi connectivity index (χ0) is 24.7. The van der Waals surface area contributed by atoms with Crippen LogP contribution in [0.25, 0.3) is 0 Å². The van der Waals surface area contributed by atoms with E-state index in [1.165, 1.54) is 6.07 Å². The molecule has 0 spiro atoms. The van der Waals surface area contributed by atoms with Crippen LogP contribution in [0.4, 0.5) is 10.1 Å². The lowest BCUT2D eigenvalue weighted by Gasteiger charge is -2.33. The van der Waals surface area contributed by atoms with E-state index in [4.69, 9.17) is 27.9 Å². The summed E-state index contributed by atoms with van der Waals surface area (Å²) < 4.78 is 23.3. The van der Waals surface area contributed by atoms with Crippen molar-refractivity contribution in [2.45, 2.75) is 38.5 Å². The molecule has 4 rings (SSSR count). The molecule has 0 aromatic heterocycles. The summed E-state index contributed by atoms with van der Waals surface area (Å²) in [4.78, 5) is 14.4. The number of anilines is 1. The number of halogens is 3. The molecule has 0 radical (unpaired) electrons. The highest BCUT2D eigenvalue weighted by atomic mass is 35.5. The van der Waals surface area contributed by atoms with Crippen molar-refractivity contribution >= 4 is 46.7 Å². The third-order valence-corrected chi connectivity index (χ3v) is 6.68. The Labute approximate surface area is 216 Å². The molecule has 0 unspecified atom stereocenters. The summed E-state index contributed by atoms with van der Waals surface area (Å²) in [5.41, 5.74) is 2.06. The third-order valence-electron chi connectivity index (χ3n) is 5.86. The number of piperidine rings is 1. The Balaban J connectivity index is 0.00000103. The van der Waals surface area contributed by atoms with E-state index in [1.54, 1.807) is 24.5 Å². The van der Waals surface area contributed by atoms with E-state index in [9.17, 15) is 9.18 Å². The van der Waals surface area contributed by atoms with Crippen LogP contribution in [0.5, 0.6) is 5.75 Å². The van der Waals surface area contributed by atoms with Crippen LogP contribution in [0.1, 0.15) is 54.4 Å². The van der Waals surface area contributed by atoms with E-state index < -0.39 is 11.7 Å². The SMILES string of the molecule is C=CC.CSNC(=O)c1cc(C2CC2)c(OCC2CCN(c3cc(Cl)cc(Cl)c3)CC2)cc1F. The Kier molecular flexibility index (Phi) is 9.98. The van der Waals surface area contributed by atoms with Gasteiger partial charge >= 0.3 is 0 Å². The molecule has 1 saturated carbocycles. The molecule has 184 valence electrons. The van der Waals surface area contributed by atoms with Crippen LogP contribution in [-0.2, 0) is 0 Å². The van der Waals surface area contributed by atoms with Crippen molar-refractivity contribution in [1.82, 2.24) is 4.72 Å². The Morgan fingerprint density at radius 1 is 1.18 bits per heavy atom. The topological polar surface area (TPSA) is 41.6 Å². The van der Waals surface area contributed by atoms with Crippen molar-refractivity contribution in [1.29, 1.82) is 0 Å². The Morgan fingerprint density at radius 3 is 2.35 bits per heavy atom. The number of rotatable bonds is 7. The van der Waals surface area contributed by atoms with Crippen molar-refractivity contribution < 1.29 is 13.9 Å². The summed E-state index contributed by atoms with van der Waals surface area (Å²) in [6, 6.07) is 8.65. The highest BCUT2D eigenvalue weighted by Crippen LogP contribution is 2.45. The molecule has 1 amide bonds. The first-order valence-corrected chi connectivity index (χ1v) is 13.4. The minimum atomic E-state index is -0.543. The van der Waals surface area contributed by atoms with Gasteiger partial charge < -0.3 is 9.64 Å². The van der Waals surface area contributed by atoms with E-state index in [0.717, 1.165) is 62.0 Å². The second kappa shape index (κ2) is 12.7. The molecule has 1 heterocycles. The van der Waals surface area contributed by atoms with E-state index >= 15 is 0 Å². The highest BCUT2D eigenvalue weighted by Gasteiger charge is 2.30. The normalized spacial score (nSPS) is 15.9. The molecule has 2 aromatic rings. The fourth-order valence-corrected chi connectivity index (χ4v) is 4.83. The maximum Gasteiger partial charge on any atom is 0.264 e. The van der Waals surface area contributed by atoms with Crippen molar-refractivity contribution in [3.63, 3.8) is 0 Å². The lowest BCUT2D eigenvalue weighted by Crippen LogP contribution is -2.35. The van der Waals surface area contributed by atoms with Gasteiger partial charge in [0.1, 0.15) is 11.6 Å². The standard InChI is InChI=1S/C23H25Cl2FN2O2S.C3H6/c1-31-27-23(29)20-11-19(15-2-3-15)22(12-21(20)26)30-13-14-4-6-28(7-5-14)18-9-16(24)8-17(25)10-18;1-3-2/h8-12,14-15H,2-7,13H2,1H3,(H,27,29);3H,1H2,2H3. The number of allylic oxidation sites excluding steroid dienone is 1. The highest BCUT2D eigenvalue weighted by molar-refractivity contribution is 7.97. The van der Waals surface area contributed by atoms with E-state index in [2.05, 4.69) is 16.2 Å². The molecule has 0 atom stereocenters. The molecule has 2 aliphatic rings. The molecular weight excluding hydrogens is 494 g/mol. The Hall–Kier alpha value is -1.89. The molecule has 1 aliphatic heterocycles. The molecule has 34 heavy (non-hydrogen) atoms. The molecule has 2 fully saturated rings. The maximum atomic E-state index is 14.6. The predicted octanol–water partition coefficient (Wildman–Crippen LogP) is 7.51. The molecule has 1 saturated heterocycles. The molecular formula is C26H31Cl2FN2O2S. The largest absolute Gasteiger partial charge is 0.493 e. The van der Waals surface area contributed by atoms with Crippen molar-refractivity contribution in [2.75, 3.05) is 30.9 Å². The molecule has 1 N–H and O–H groups in total. The van der Waals surface area contributed by atoms with Gasteiger partial charge in [0, 0.05) is 41.1 Å². The average Bonchev–Trinajstić information content (AvgIpc) is 3.63. The second-order valence-corrected chi connectivity index (χ2v) is 10.0. The number of benzene rings is 2. The van der Waals surface area contributed by atoms with Crippen LogP contribution in [0.15, 0.2) is 43.0 Å². The van der Waals surface area contributed by atoms with Gasteiger partial charge in [0.15, 0.2) is 0 Å². The van der Waals surface area contributed by atoms with Crippen LogP contribution in [0.2, 0.25) is 10.0 Å². The number of hydrogen-bond acceptors (Lipinski definition) is 4. The van der Waals surface area contributed by atoms with E-state index in [0.29, 0.717) is 34.2 Å². The lowest BCUT2D eigenvalue weighted by atomic mass is 9.97. The monoisotopic (exact) mass is 524 g/mol. The molecule has 8 heteroatoms.